The molecule has 0 spiro atoms. The first kappa shape index (κ1) is 15.6. The van der Waals surface area contributed by atoms with Gasteiger partial charge in [0.15, 0.2) is 0 Å². The highest BCUT2D eigenvalue weighted by atomic mass is 19.4. The van der Waals surface area contributed by atoms with Crippen LogP contribution in [0.3, 0.4) is 0 Å². The Bertz CT molecular complexity index is 500. The SMILES string of the molecule is O=C(/C=C(\c1ccccc1)C(F)(F)F)OC1CCCCC1. The molecule has 1 fully saturated rings. The fourth-order valence-corrected chi connectivity index (χ4v) is 2.45. The molecule has 0 bridgehead atoms. The molecule has 2 rings (SSSR count). The van der Waals surface area contributed by atoms with E-state index in [-0.39, 0.29) is 11.7 Å². The highest BCUT2D eigenvalue weighted by molar-refractivity contribution is 5.92. The monoisotopic (exact) mass is 298 g/mol. The fourth-order valence-electron chi connectivity index (χ4n) is 2.45. The van der Waals surface area contributed by atoms with Crippen LogP contribution in [0.15, 0.2) is 36.4 Å². The van der Waals surface area contributed by atoms with Crippen LogP contribution in [-0.2, 0) is 9.53 Å². The number of alkyl halides is 3. The van der Waals surface area contributed by atoms with Gasteiger partial charge in [0.25, 0.3) is 0 Å². The van der Waals surface area contributed by atoms with Gasteiger partial charge in [-0.05, 0) is 31.2 Å². The first-order valence-corrected chi connectivity index (χ1v) is 7.02. The van der Waals surface area contributed by atoms with E-state index < -0.39 is 17.7 Å². The van der Waals surface area contributed by atoms with Gasteiger partial charge >= 0.3 is 12.1 Å². The van der Waals surface area contributed by atoms with Gasteiger partial charge in [0.1, 0.15) is 6.10 Å². The molecule has 21 heavy (non-hydrogen) atoms. The lowest BCUT2D eigenvalue weighted by atomic mass is 9.98. The van der Waals surface area contributed by atoms with Gasteiger partial charge in [-0.15, -0.1) is 0 Å². The maximum absolute atomic E-state index is 13.1. The van der Waals surface area contributed by atoms with Crippen LogP contribution >= 0.6 is 0 Å². The molecule has 1 aliphatic rings. The minimum absolute atomic E-state index is 0.0365. The Morgan fingerprint density at radius 3 is 2.29 bits per heavy atom. The van der Waals surface area contributed by atoms with Crippen LogP contribution in [0.5, 0.6) is 0 Å². The maximum Gasteiger partial charge on any atom is 0.417 e. The lowest BCUT2D eigenvalue weighted by molar-refractivity contribution is -0.144. The molecule has 1 aromatic carbocycles. The molecular weight excluding hydrogens is 281 g/mol. The van der Waals surface area contributed by atoms with E-state index in [1.165, 1.54) is 24.3 Å². The minimum Gasteiger partial charge on any atom is -0.459 e. The summed E-state index contributed by atoms with van der Waals surface area (Å²) < 4.78 is 44.3. The zero-order chi connectivity index (χ0) is 15.3. The molecule has 1 aromatic rings. The second kappa shape index (κ2) is 6.78. The van der Waals surface area contributed by atoms with Crippen LogP contribution in [-0.4, -0.2) is 18.2 Å². The number of esters is 1. The van der Waals surface area contributed by atoms with Crippen LogP contribution in [0.2, 0.25) is 0 Å². The number of ether oxygens (including phenoxy) is 1. The average Bonchev–Trinajstić information content (AvgIpc) is 2.45. The predicted octanol–water partition coefficient (Wildman–Crippen LogP) is 4.51. The van der Waals surface area contributed by atoms with E-state index in [1.54, 1.807) is 6.07 Å². The molecule has 114 valence electrons. The lowest BCUT2D eigenvalue weighted by Gasteiger charge is -2.21. The Hall–Kier alpha value is -1.78. The first-order chi connectivity index (χ1) is 9.97. The number of hydrogen-bond donors (Lipinski definition) is 0. The number of halogens is 3. The van der Waals surface area contributed by atoms with Crippen LogP contribution in [0, 0.1) is 0 Å². The Balaban J connectivity index is 2.14. The molecular formula is C16H17F3O2. The molecule has 0 aromatic heterocycles. The van der Waals surface area contributed by atoms with Gasteiger partial charge in [-0.1, -0.05) is 36.8 Å². The van der Waals surface area contributed by atoms with Crippen LogP contribution in [0.1, 0.15) is 37.7 Å². The highest BCUT2D eigenvalue weighted by Crippen LogP contribution is 2.34. The predicted molar refractivity (Wildman–Crippen MR) is 73.4 cm³/mol. The molecule has 1 aliphatic carbocycles. The average molecular weight is 298 g/mol. The topological polar surface area (TPSA) is 26.3 Å². The maximum atomic E-state index is 13.1. The summed E-state index contributed by atoms with van der Waals surface area (Å²) in [5, 5.41) is 0. The summed E-state index contributed by atoms with van der Waals surface area (Å²) in [6, 6.07) is 7.28. The number of hydrogen-bond acceptors (Lipinski definition) is 2. The van der Waals surface area contributed by atoms with E-state index >= 15 is 0 Å². The van der Waals surface area contributed by atoms with Gasteiger partial charge in [0, 0.05) is 6.08 Å². The van der Waals surface area contributed by atoms with Crippen molar-refractivity contribution in [2.75, 3.05) is 0 Å². The fraction of sp³-hybridized carbons (Fsp3) is 0.438. The highest BCUT2D eigenvalue weighted by Gasteiger charge is 2.35. The summed E-state index contributed by atoms with van der Waals surface area (Å²) in [5.41, 5.74) is -1.01. The van der Waals surface area contributed by atoms with E-state index in [4.69, 9.17) is 4.74 Å². The summed E-state index contributed by atoms with van der Waals surface area (Å²) >= 11 is 0. The molecule has 0 saturated heterocycles. The Morgan fingerprint density at radius 1 is 1.10 bits per heavy atom. The normalized spacial score (nSPS) is 17.6. The molecule has 0 aliphatic heterocycles. The Morgan fingerprint density at radius 2 is 1.71 bits per heavy atom. The van der Waals surface area contributed by atoms with Crippen LogP contribution in [0.4, 0.5) is 13.2 Å². The van der Waals surface area contributed by atoms with Crippen molar-refractivity contribution in [2.24, 2.45) is 0 Å². The molecule has 0 N–H and O–H groups in total. The molecule has 2 nitrogen and oxygen atoms in total. The lowest BCUT2D eigenvalue weighted by Crippen LogP contribution is -2.21. The number of carbonyl (C=O) groups is 1. The molecule has 0 atom stereocenters. The van der Waals surface area contributed by atoms with E-state index in [2.05, 4.69) is 0 Å². The van der Waals surface area contributed by atoms with Gasteiger partial charge in [0.2, 0.25) is 0 Å². The van der Waals surface area contributed by atoms with Crippen molar-refractivity contribution in [3.63, 3.8) is 0 Å². The second-order valence-corrected chi connectivity index (χ2v) is 5.12. The van der Waals surface area contributed by atoms with E-state index in [0.29, 0.717) is 6.08 Å². The van der Waals surface area contributed by atoms with Gasteiger partial charge < -0.3 is 4.74 Å². The third kappa shape index (κ3) is 4.62. The molecule has 1 saturated carbocycles. The standard InChI is InChI=1S/C16H17F3O2/c17-16(18,19)14(12-7-3-1-4-8-12)11-15(20)21-13-9-5-2-6-10-13/h1,3-4,7-8,11,13H,2,5-6,9-10H2/b14-11+. The number of carbonyl (C=O) groups excluding carboxylic acids is 1. The summed E-state index contributed by atoms with van der Waals surface area (Å²) in [6.07, 6.45) is 0.156. The minimum atomic E-state index is -4.59. The van der Waals surface area contributed by atoms with Gasteiger partial charge in [-0.3, -0.25) is 0 Å². The van der Waals surface area contributed by atoms with Crippen molar-refractivity contribution in [3.8, 4) is 0 Å². The zero-order valence-corrected chi connectivity index (χ0v) is 11.5. The Kier molecular flexibility index (Phi) is 5.04. The summed E-state index contributed by atoms with van der Waals surface area (Å²) in [7, 11) is 0. The molecule has 0 heterocycles. The smallest absolute Gasteiger partial charge is 0.417 e. The molecule has 0 amide bonds. The third-order valence-corrected chi connectivity index (χ3v) is 3.49. The van der Waals surface area contributed by atoms with Gasteiger partial charge in [0.05, 0.1) is 5.57 Å². The van der Waals surface area contributed by atoms with Crippen LogP contribution < -0.4 is 0 Å². The quantitative estimate of drug-likeness (QED) is 0.606. The van der Waals surface area contributed by atoms with Crippen molar-refractivity contribution in [1.82, 2.24) is 0 Å². The largest absolute Gasteiger partial charge is 0.459 e. The third-order valence-electron chi connectivity index (χ3n) is 3.49. The molecule has 0 radical (unpaired) electrons. The van der Waals surface area contributed by atoms with Crippen molar-refractivity contribution in [3.05, 3.63) is 42.0 Å². The molecule has 5 heteroatoms. The van der Waals surface area contributed by atoms with Crippen molar-refractivity contribution < 1.29 is 22.7 Å². The number of allylic oxidation sites excluding steroid dienone is 1. The summed E-state index contributed by atoms with van der Waals surface area (Å²) in [4.78, 5) is 11.7. The number of rotatable bonds is 3. The second-order valence-electron chi connectivity index (χ2n) is 5.12. The van der Waals surface area contributed by atoms with E-state index in [0.717, 1.165) is 32.1 Å². The first-order valence-electron chi connectivity index (χ1n) is 7.02. The zero-order valence-electron chi connectivity index (χ0n) is 11.5. The van der Waals surface area contributed by atoms with Gasteiger partial charge in [-0.25, -0.2) is 4.79 Å². The van der Waals surface area contributed by atoms with E-state index in [1.807, 2.05) is 0 Å². The van der Waals surface area contributed by atoms with Crippen molar-refractivity contribution in [1.29, 1.82) is 0 Å². The number of benzene rings is 1. The van der Waals surface area contributed by atoms with Crippen molar-refractivity contribution in [2.45, 2.75) is 44.4 Å². The van der Waals surface area contributed by atoms with E-state index in [9.17, 15) is 18.0 Å². The molecule has 0 unspecified atom stereocenters. The van der Waals surface area contributed by atoms with Crippen molar-refractivity contribution >= 4 is 11.5 Å². The van der Waals surface area contributed by atoms with Gasteiger partial charge in [-0.2, -0.15) is 13.2 Å². The summed E-state index contributed by atoms with van der Waals surface area (Å²) in [6.45, 7) is 0. The Labute approximate surface area is 121 Å². The van der Waals surface area contributed by atoms with Crippen LogP contribution in [0.25, 0.3) is 5.57 Å². The summed E-state index contributed by atoms with van der Waals surface area (Å²) in [5.74, 6) is -0.918.